The van der Waals surface area contributed by atoms with Crippen molar-refractivity contribution >= 4 is 22.8 Å². The zero-order valence-corrected chi connectivity index (χ0v) is 19.5. The Hall–Kier alpha value is -2.91. The molecule has 2 aliphatic rings. The van der Waals surface area contributed by atoms with Crippen molar-refractivity contribution in [2.45, 2.75) is 32.9 Å². The molecule has 2 saturated heterocycles. The van der Waals surface area contributed by atoms with Crippen molar-refractivity contribution in [2.24, 2.45) is 11.8 Å². The predicted octanol–water partition coefficient (Wildman–Crippen LogP) is 2.33. The lowest BCUT2D eigenvalue weighted by atomic mass is 10.0. The first kappa shape index (κ1) is 21.9. The number of nitrogen functional groups attached to an aromatic ring is 1. The van der Waals surface area contributed by atoms with Gasteiger partial charge in [-0.05, 0) is 43.0 Å². The number of nitrogens with one attached hydrogen (secondary N) is 2. The number of nitrogens with zero attached hydrogens (tertiary/aromatic N) is 5. The maximum absolute atomic E-state index is 5.92. The summed E-state index contributed by atoms with van der Waals surface area (Å²) < 4.78 is 7.70. The molecule has 176 valence electrons. The van der Waals surface area contributed by atoms with Crippen LogP contribution in [0.15, 0.2) is 24.4 Å². The second kappa shape index (κ2) is 9.52. The van der Waals surface area contributed by atoms with Gasteiger partial charge in [-0.15, -0.1) is 0 Å². The number of rotatable bonds is 9. The molecule has 2 unspecified atom stereocenters. The average molecular weight is 451 g/mol. The molecule has 0 radical (unpaired) electrons. The molecule has 2 atom stereocenters. The van der Waals surface area contributed by atoms with Gasteiger partial charge in [0.15, 0.2) is 5.82 Å². The van der Waals surface area contributed by atoms with Crippen LogP contribution in [0.2, 0.25) is 0 Å². The molecule has 3 aromatic rings. The SMILES string of the molecule is CCCCNc1nc(N)nc2cnn(Cc3ccc(CN4CC5CNCC5C4)cc3OC)c12. The Kier molecular flexibility index (Phi) is 6.32. The third-order valence-electron chi connectivity index (χ3n) is 6.87. The molecule has 4 heterocycles. The van der Waals surface area contributed by atoms with Crippen molar-refractivity contribution in [1.82, 2.24) is 30.0 Å². The fourth-order valence-electron chi connectivity index (χ4n) is 5.16. The number of methoxy groups -OCH3 is 1. The summed E-state index contributed by atoms with van der Waals surface area (Å²) in [5.74, 6) is 3.47. The topological polar surface area (TPSA) is 106 Å². The summed E-state index contributed by atoms with van der Waals surface area (Å²) in [7, 11) is 1.73. The van der Waals surface area contributed by atoms with E-state index >= 15 is 0 Å². The minimum absolute atomic E-state index is 0.254. The normalized spacial score (nSPS) is 20.4. The molecule has 33 heavy (non-hydrogen) atoms. The van der Waals surface area contributed by atoms with Gasteiger partial charge in [0, 0.05) is 31.7 Å². The molecule has 0 saturated carbocycles. The van der Waals surface area contributed by atoms with Gasteiger partial charge in [0.2, 0.25) is 5.95 Å². The van der Waals surface area contributed by atoms with Crippen molar-refractivity contribution in [3.8, 4) is 5.75 Å². The van der Waals surface area contributed by atoms with Crippen LogP contribution >= 0.6 is 0 Å². The Bertz CT molecular complexity index is 1100. The average Bonchev–Trinajstić information content (AvgIpc) is 3.50. The number of fused-ring (bicyclic) bond motifs is 2. The molecule has 0 spiro atoms. The molecule has 0 amide bonds. The first-order chi connectivity index (χ1) is 16.1. The molecule has 2 aliphatic heterocycles. The van der Waals surface area contributed by atoms with Gasteiger partial charge in [0.05, 0.1) is 19.9 Å². The fourth-order valence-corrected chi connectivity index (χ4v) is 5.16. The third kappa shape index (κ3) is 4.60. The summed E-state index contributed by atoms with van der Waals surface area (Å²) in [5.41, 5.74) is 9.89. The highest BCUT2D eigenvalue weighted by molar-refractivity contribution is 5.86. The molecule has 1 aromatic carbocycles. The zero-order chi connectivity index (χ0) is 22.8. The van der Waals surface area contributed by atoms with Gasteiger partial charge in [0.25, 0.3) is 0 Å². The standard InChI is InChI=1S/C24H34N8O/c1-3-4-7-27-23-22-20(29-24(25)30-23)11-28-32(22)15-17-6-5-16(8-21(17)33-2)12-31-13-18-9-26-10-19(18)14-31/h5-6,8,11,18-19,26H,3-4,7,9-10,12-15H2,1-2H3,(H3,25,27,29,30). The van der Waals surface area contributed by atoms with Crippen molar-refractivity contribution in [3.63, 3.8) is 0 Å². The molecule has 5 rings (SSSR count). The van der Waals surface area contributed by atoms with Gasteiger partial charge < -0.3 is 21.1 Å². The highest BCUT2D eigenvalue weighted by Gasteiger charge is 2.35. The van der Waals surface area contributed by atoms with Crippen molar-refractivity contribution in [2.75, 3.05) is 50.9 Å². The summed E-state index contributed by atoms with van der Waals surface area (Å²) in [6.45, 7) is 9.21. The van der Waals surface area contributed by atoms with E-state index in [1.165, 1.54) is 18.7 Å². The molecule has 4 N–H and O–H groups in total. The van der Waals surface area contributed by atoms with Gasteiger partial charge >= 0.3 is 0 Å². The molecule has 2 aromatic heterocycles. The Labute approximate surface area is 194 Å². The Balaban J connectivity index is 1.35. The second-order valence-electron chi connectivity index (χ2n) is 9.27. The first-order valence-corrected chi connectivity index (χ1v) is 12.0. The van der Waals surface area contributed by atoms with E-state index in [4.69, 9.17) is 10.5 Å². The van der Waals surface area contributed by atoms with Gasteiger partial charge in [-0.3, -0.25) is 9.58 Å². The number of ether oxygens (including phenoxy) is 1. The number of benzene rings is 1. The van der Waals surface area contributed by atoms with Crippen LogP contribution in [0.1, 0.15) is 30.9 Å². The van der Waals surface area contributed by atoms with E-state index in [1.807, 2.05) is 4.68 Å². The van der Waals surface area contributed by atoms with Gasteiger partial charge in [-0.1, -0.05) is 25.5 Å². The van der Waals surface area contributed by atoms with Crippen molar-refractivity contribution in [3.05, 3.63) is 35.5 Å². The van der Waals surface area contributed by atoms with Crippen LogP contribution in [-0.2, 0) is 13.1 Å². The molecule has 0 bridgehead atoms. The predicted molar refractivity (Wildman–Crippen MR) is 130 cm³/mol. The number of likely N-dealkylation sites (tertiary alicyclic amines) is 1. The van der Waals surface area contributed by atoms with Gasteiger partial charge in [-0.2, -0.15) is 10.1 Å². The summed E-state index contributed by atoms with van der Waals surface area (Å²) in [6.07, 6.45) is 3.91. The van der Waals surface area contributed by atoms with Crippen LogP contribution in [0, 0.1) is 11.8 Å². The number of anilines is 2. The minimum Gasteiger partial charge on any atom is -0.496 e. The van der Waals surface area contributed by atoms with E-state index in [-0.39, 0.29) is 5.95 Å². The number of nitrogens with two attached hydrogens (primary N) is 1. The Morgan fingerprint density at radius 1 is 1.18 bits per heavy atom. The van der Waals surface area contributed by atoms with E-state index in [9.17, 15) is 0 Å². The molecule has 9 heteroatoms. The van der Waals surface area contributed by atoms with Crippen molar-refractivity contribution < 1.29 is 4.74 Å². The van der Waals surface area contributed by atoms with E-state index in [1.54, 1.807) is 13.3 Å². The smallest absolute Gasteiger partial charge is 0.222 e. The lowest BCUT2D eigenvalue weighted by Gasteiger charge is -2.18. The zero-order valence-electron chi connectivity index (χ0n) is 19.5. The molecule has 9 nitrogen and oxygen atoms in total. The number of hydrogen-bond acceptors (Lipinski definition) is 8. The highest BCUT2D eigenvalue weighted by Crippen LogP contribution is 2.30. The van der Waals surface area contributed by atoms with Crippen LogP contribution in [-0.4, -0.2) is 64.5 Å². The Morgan fingerprint density at radius 3 is 2.76 bits per heavy atom. The monoisotopic (exact) mass is 450 g/mol. The lowest BCUT2D eigenvalue weighted by molar-refractivity contribution is 0.305. The first-order valence-electron chi connectivity index (χ1n) is 12.0. The highest BCUT2D eigenvalue weighted by atomic mass is 16.5. The minimum atomic E-state index is 0.254. The summed E-state index contributed by atoms with van der Waals surface area (Å²) in [4.78, 5) is 11.4. The lowest BCUT2D eigenvalue weighted by Crippen LogP contribution is -2.25. The summed E-state index contributed by atoms with van der Waals surface area (Å²) in [5, 5.41) is 11.5. The van der Waals surface area contributed by atoms with Crippen LogP contribution in [0.5, 0.6) is 5.75 Å². The fraction of sp³-hybridized carbons (Fsp3) is 0.542. The van der Waals surface area contributed by atoms with Gasteiger partial charge in [-0.25, -0.2) is 4.98 Å². The summed E-state index contributed by atoms with van der Waals surface area (Å²) >= 11 is 0. The van der Waals surface area contributed by atoms with Crippen LogP contribution in [0.25, 0.3) is 11.0 Å². The van der Waals surface area contributed by atoms with Crippen molar-refractivity contribution in [1.29, 1.82) is 0 Å². The van der Waals surface area contributed by atoms with Crippen LogP contribution < -0.4 is 21.1 Å². The second-order valence-corrected chi connectivity index (χ2v) is 9.27. The molecular weight excluding hydrogens is 416 g/mol. The summed E-state index contributed by atoms with van der Waals surface area (Å²) in [6, 6.07) is 6.54. The molecular formula is C24H34N8O. The maximum Gasteiger partial charge on any atom is 0.222 e. The maximum atomic E-state index is 5.92. The van der Waals surface area contributed by atoms with Gasteiger partial charge in [0.1, 0.15) is 16.8 Å². The Morgan fingerprint density at radius 2 is 2.00 bits per heavy atom. The van der Waals surface area contributed by atoms with E-state index < -0.39 is 0 Å². The third-order valence-corrected chi connectivity index (χ3v) is 6.87. The van der Waals surface area contributed by atoms with Crippen LogP contribution in [0.4, 0.5) is 11.8 Å². The number of unbranched alkanes of at least 4 members (excludes halogenated alkanes) is 1. The van der Waals surface area contributed by atoms with E-state index in [0.29, 0.717) is 6.54 Å². The quantitative estimate of drug-likeness (QED) is 0.427. The van der Waals surface area contributed by atoms with E-state index in [2.05, 4.69) is 55.7 Å². The molecule has 2 fully saturated rings. The van der Waals surface area contributed by atoms with Crippen LogP contribution in [0.3, 0.4) is 0 Å². The largest absolute Gasteiger partial charge is 0.496 e. The number of aromatic nitrogens is 4. The van der Waals surface area contributed by atoms with E-state index in [0.717, 1.165) is 79.0 Å². The molecule has 0 aliphatic carbocycles. The number of hydrogen-bond donors (Lipinski definition) is 3.